The summed E-state index contributed by atoms with van der Waals surface area (Å²) in [4.78, 5) is 4.21. The van der Waals surface area contributed by atoms with Crippen molar-refractivity contribution in [2.45, 2.75) is 25.8 Å². The van der Waals surface area contributed by atoms with Crippen LogP contribution in [0.4, 0.5) is 0 Å². The maximum atomic E-state index is 5.75. The summed E-state index contributed by atoms with van der Waals surface area (Å²) < 4.78 is 13.0. The second-order valence-electron chi connectivity index (χ2n) is 5.68. The van der Waals surface area contributed by atoms with Crippen LogP contribution in [0.1, 0.15) is 19.3 Å². The first-order valence-electron chi connectivity index (χ1n) is 8.46. The maximum Gasteiger partial charge on any atom is 0.191 e. The molecule has 1 aromatic heterocycles. The van der Waals surface area contributed by atoms with Crippen LogP contribution in [0.2, 0.25) is 0 Å². The van der Waals surface area contributed by atoms with E-state index in [1.807, 2.05) is 16.9 Å². The Bertz CT molecular complexity index is 436. The Balaban J connectivity index is 0.00000288. The Morgan fingerprint density at radius 2 is 2.12 bits per heavy atom. The van der Waals surface area contributed by atoms with Crippen molar-refractivity contribution in [2.24, 2.45) is 10.9 Å². The summed E-state index contributed by atoms with van der Waals surface area (Å²) in [5, 5.41) is 10.7. The highest BCUT2D eigenvalue weighted by Gasteiger charge is 2.13. The highest BCUT2D eigenvalue weighted by atomic mass is 127. The molecule has 2 heterocycles. The Morgan fingerprint density at radius 1 is 1.33 bits per heavy atom. The molecule has 138 valence electrons. The Labute approximate surface area is 161 Å². The van der Waals surface area contributed by atoms with E-state index in [1.165, 1.54) is 0 Å². The molecule has 7 nitrogen and oxygen atoms in total. The Hall–Kier alpha value is -0.870. The average molecular weight is 451 g/mol. The van der Waals surface area contributed by atoms with Crippen molar-refractivity contribution in [2.75, 3.05) is 46.6 Å². The Kier molecular flexibility index (Phi) is 11.8. The van der Waals surface area contributed by atoms with Crippen LogP contribution in [0.15, 0.2) is 23.5 Å². The van der Waals surface area contributed by atoms with Crippen LogP contribution in [0.5, 0.6) is 0 Å². The van der Waals surface area contributed by atoms with Crippen molar-refractivity contribution in [3.63, 3.8) is 0 Å². The first-order valence-corrected chi connectivity index (χ1v) is 8.46. The second-order valence-corrected chi connectivity index (χ2v) is 5.68. The third-order valence-corrected chi connectivity index (χ3v) is 3.87. The summed E-state index contributed by atoms with van der Waals surface area (Å²) in [6.07, 6.45) is 6.97. The minimum Gasteiger partial charge on any atom is -0.381 e. The molecule has 0 saturated carbocycles. The lowest BCUT2D eigenvalue weighted by Gasteiger charge is -2.21. The molecule has 2 rings (SSSR count). The van der Waals surface area contributed by atoms with Gasteiger partial charge in [0, 0.05) is 59.0 Å². The average Bonchev–Trinajstić information content (AvgIpc) is 3.10. The topological polar surface area (TPSA) is 72.7 Å². The minimum absolute atomic E-state index is 0. The number of hydrogen-bond acceptors (Lipinski definition) is 4. The molecule has 1 aromatic rings. The van der Waals surface area contributed by atoms with Gasteiger partial charge in [0.1, 0.15) is 0 Å². The molecule has 0 spiro atoms. The first-order chi connectivity index (χ1) is 11.4. The quantitative estimate of drug-likeness (QED) is 0.258. The van der Waals surface area contributed by atoms with Crippen LogP contribution in [0.25, 0.3) is 0 Å². The van der Waals surface area contributed by atoms with Crippen molar-refractivity contribution >= 4 is 29.9 Å². The molecule has 1 saturated heterocycles. The number of hydrogen-bond donors (Lipinski definition) is 2. The zero-order valence-corrected chi connectivity index (χ0v) is 16.8. The first kappa shape index (κ1) is 21.2. The van der Waals surface area contributed by atoms with Crippen LogP contribution >= 0.6 is 24.0 Å². The number of rotatable bonds is 9. The molecule has 24 heavy (non-hydrogen) atoms. The largest absolute Gasteiger partial charge is 0.381 e. The molecule has 2 N–H and O–H groups in total. The summed E-state index contributed by atoms with van der Waals surface area (Å²) in [6.45, 7) is 5.89. The molecular formula is C16H30IN5O2. The number of nitrogens with zero attached hydrogens (tertiary/aromatic N) is 3. The van der Waals surface area contributed by atoms with Gasteiger partial charge < -0.3 is 20.1 Å². The van der Waals surface area contributed by atoms with Gasteiger partial charge in [-0.2, -0.15) is 5.10 Å². The predicted molar refractivity (Wildman–Crippen MR) is 106 cm³/mol. The predicted octanol–water partition coefficient (Wildman–Crippen LogP) is 1.50. The van der Waals surface area contributed by atoms with E-state index in [1.54, 1.807) is 13.2 Å². The molecule has 0 aliphatic carbocycles. The Morgan fingerprint density at radius 3 is 2.83 bits per heavy atom. The van der Waals surface area contributed by atoms with Gasteiger partial charge in [0.25, 0.3) is 0 Å². The summed E-state index contributed by atoms with van der Waals surface area (Å²) in [5.41, 5.74) is 0. The van der Waals surface area contributed by atoms with Gasteiger partial charge in [-0.05, 0) is 31.2 Å². The lowest BCUT2D eigenvalue weighted by molar-refractivity contribution is 0.0203. The van der Waals surface area contributed by atoms with Crippen molar-refractivity contribution in [1.82, 2.24) is 20.4 Å². The summed E-state index contributed by atoms with van der Waals surface area (Å²) in [5.74, 6) is 1.50. The lowest BCUT2D eigenvalue weighted by Crippen LogP contribution is -2.39. The fourth-order valence-electron chi connectivity index (χ4n) is 2.49. The van der Waals surface area contributed by atoms with E-state index in [4.69, 9.17) is 9.47 Å². The van der Waals surface area contributed by atoms with Crippen molar-refractivity contribution in [3.05, 3.63) is 18.5 Å². The molecule has 1 fully saturated rings. The van der Waals surface area contributed by atoms with Crippen molar-refractivity contribution in [3.8, 4) is 0 Å². The van der Waals surface area contributed by atoms with E-state index in [0.29, 0.717) is 5.92 Å². The van der Waals surface area contributed by atoms with Crippen LogP contribution in [0, 0.1) is 5.92 Å². The van der Waals surface area contributed by atoms with E-state index in [9.17, 15) is 0 Å². The molecule has 0 radical (unpaired) electrons. The molecule has 0 unspecified atom stereocenters. The lowest BCUT2D eigenvalue weighted by atomic mass is 10.0. The molecule has 1 aliphatic rings. The molecule has 0 aromatic carbocycles. The SMILES string of the molecule is CN=C(NCCCOCC1CCOCC1)NCCn1cccn1.I. The van der Waals surface area contributed by atoms with Gasteiger partial charge in [0.05, 0.1) is 6.54 Å². The maximum absolute atomic E-state index is 5.75. The van der Waals surface area contributed by atoms with Crippen LogP contribution in [-0.4, -0.2) is 62.3 Å². The zero-order valence-electron chi connectivity index (χ0n) is 14.4. The second kappa shape index (κ2) is 13.4. The number of ether oxygens (including phenoxy) is 2. The third-order valence-electron chi connectivity index (χ3n) is 3.87. The van der Waals surface area contributed by atoms with E-state index in [0.717, 1.165) is 71.3 Å². The standard InChI is InChI=1S/C16H29N5O2.HI/c1-17-16(19-8-10-21-9-2-7-20-21)18-6-3-11-23-14-15-4-12-22-13-5-15;/h2,7,9,15H,3-6,8,10-14H2,1H3,(H2,17,18,19);1H. The highest BCUT2D eigenvalue weighted by Crippen LogP contribution is 2.14. The normalized spacial score (nSPS) is 15.8. The molecule has 1 aliphatic heterocycles. The molecule has 0 bridgehead atoms. The number of nitrogens with one attached hydrogen (secondary N) is 2. The molecule has 0 amide bonds. The fraction of sp³-hybridized carbons (Fsp3) is 0.750. The van der Waals surface area contributed by atoms with E-state index in [2.05, 4.69) is 20.7 Å². The van der Waals surface area contributed by atoms with E-state index in [-0.39, 0.29) is 24.0 Å². The molecule has 8 heteroatoms. The van der Waals surface area contributed by atoms with Gasteiger partial charge in [-0.3, -0.25) is 9.67 Å². The van der Waals surface area contributed by atoms with Gasteiger partial charge in [-0.25, -0.2) is 0 Å². The number of halogens is 1. The number of aliphatic imine (C=N–C) groups is 1. The van der Waals surface area contributed by atoms with Crippen LogP contribution in [-0.2, 0) is 16.0 Å². The minimum atomic E-state index is 0. The van der Waals surface area contributed by atoms with E-state index < -0.39 is 0 Å². The van der Waals surface area contributed by atoms with Crippen LogP contribution in [0.3, 0.4) is 0 Å². The van der Waals surface area contributed by atoms with Gasteiger partial charge in [-0.1, -0.05) is 0 Å². The van der Waals surface area contributed by atoms with Gasteiger partial charge in [0.15, 0.2) is 5.96 Å². The van der Waals surface area contributed by atoms with Crippen LogP contribution < -0.4 is 10.6 Å². The van der Waals surface area contributed by atoms with Gasteiger partial charge in [0.2, 0.25) is 0 Å². The summed E-state index contributed by atoms with van der Waals surface area (Å²) in [6, 6.07) is 1.92. The summed E-state index contributed by atoms with van der Waals surface area (Å²) in [7, 11) is 1.78. The zero-order chi connectivity index (χ0) is 16.2. The van der Waals surface area contributed by atoms with Gasteiger partial charge in [-0.15, -0.1) is 24.0 Å². The number of aromatic nitrogens is 2. The third kappa shape index (κ3) is 8.84. The molecular weight excluding hydrogens is 421 g/mol. The van der Waals surface area contributed by atoms with Gasteiger partial charge >= 0.3 is 0 Å². The highest BCUT2D eigenvalue weighted by molar-refractivity contribution is 14.0. The van der Waals surface area contributed by atoms with Crippen molar-refractivity contribution < 1.29 is 9.47 Å². The number of guanidine groups is 1. The monoisotopic (exact) mass is 451 g/mol. The summed E-state index contributed by atoms with van der Waals surface area (Å²) >= 11 is 0. The molecule has 0 atom stereocenters. The van der Waals surface area contributed by atoms with Crippen molar-refractivity contribution in [1.29, 1.82) is 0 Å². The fourth-order valence-corrected chi connectivity index (χ4v) is 2.49. The van der Waals surface area contributed by atoms with E-state index >= 15 is 0 Å². The smallest absolute Gasteiger partial charge is 0.191 e.